The smallest absolute Gasteiger partial charge is 0.260 e. The highest BCUT2D eigenvalue weighted by Gasteiger charge is 2.35. The van der Waals surface area contributed by atoms with Crippen LogP contribution in [-0.2, 0) is 14.8 Å². The Balaban J connectivity index is 1.55. The van der Waals surface area contributed by atoms with Crippen molar-refractivity contribution >= 4 is 21.6 Å². The predicted octanol–water partition coefficient (Wildman–Crippen LogP) is 2.56. The maximum Gasteiger partial charge on any atom is 0.260 e. The van der Waals surface area contributed by atoms with Crippen LogP contribution in [0, 0.1) is 12.7 Å². The average molecular weight is 392 g/mol. The van der Waals surface area contributed by atoms with Crippen LogP contribution in [-0.4, -0.2) is 44.2 Å². The number of carbonyl (C=O) groups excluding carboxylic acids is 1. The molecule has 6 nitrogen and oxygen atoms in total. The Morgan fingerprint density at radius 1 is 1.26 bits per heavy atom. The topological polar surface area (TPSA) is 75.7 Å². The molecule has 1 heterocycles. The second-order valence-corrected chi connectivity index (χ2v) is 8.42. The van der Waals surface area contributed by atoms with Crippen LogP contribution < -0.4 is 9.46 Å². The van der Waals surface area contributed by atoms with Gasteiger partial charge in [0.1, 0.15) is 11.6 Å². The number of nitrogens with zero attached hydrogens (tertiary/aromatic N) is 1. The summed E-state index contributed by atoms with van der Waals surface area (Å²) in [5.74, 6) is -0.238. The zero-order valence-corrected chi connectivity index (χ0v) is 15.7. The first kappa shape index (κ1) is 19.2. The van der Waals surface area contributed by atoms with Crippen LogP contribution >= 0.6 is 0 Å². The van der Waals surface area contributed by atoms with E-state index in [-0.39, 0.29) is 24.9 Å². The highest BCUT2D eigenvalue weighted by atomic mass is 32.2. The van der Waals surface area contributed by atoms with E-state index in [9.17, 15) is 17.6 Å². The van der Waals surface area contributed by atoms with E-state index in [0.29, 0.717) is 30.0 Å². The molecule has 0 aromatic heterocycles. The van der Waals surface area contributed by atoms with E-state index in [0.717, 1.165) is 0 Å². The zero-order chi connectivity index (χ0) is 19.4. The molecule has 1 unspecified atom stereocenters. The number of para-hydroxylation sites is 1. The molecule has 1 fully saturated rings. The van der Waals surface area contributed by atoms with Gasteiger partial charge in [-0.1, -0.05) is 18.2 Å². The lowest BCUT2D eigenvalue weighted by atomic mass is 10.2. The predicted molar refractivity (Wildman–Crippen MR) is 101 cm³/mol. The quantitative estimate of drug-likeness (QED) is 0.820. The Hall–Kier alpha value is -2.61. The van der Waals surface area contributed by atoms with Gasteiger partial charge in [-0.2, -0.15) is 0 Å². The molecule has 0 radical (unpaired) electrons. The number of benzene rings is 2. The van der Waals surface area contributed by atoms with Gasteiger partial charge in [0.15, 0.2) is 6.61 Å². The van der Waals surface area contributed by atoms with Crippen LogP contribution in [0.15, 0.2) is 48.5 Å². The molecule has 3 rings (SSSR count). The Kier molecular flexibility index (Phi) is 5.65. The van der Waals surface area contributed by atoms with Gasteiger partial charge in [0.2, 0.25) is 10.0 Å². The van der Waals surface area contributed by atoms with Gasteiger partial charge in [-0.3, -0.25) is 9.52 Å². The lowest BCUT2D eigenvalue weighted by Crippen LogP contribution is -2.36. The highest BCUT2D eigenvalue weighted by Crippen LogP contribution is 2.21. The van der Waals surface area contributed by atoms with Gasteiger partial charge in [-0.05, 0) is 49.2 Å². The van der Waals surface area contributed by atoms with Crippen molar-refractivity contribution in [3.63, 3.8) is 0 Å². The van der Waals surface area contributed by atoms with Crippen molar-refractivity contribution in [2.24, 2.45) is 0 Å². The Morgan fingerprint density at radius 3 is 2.70 bits per heavy atom. The maximum absolute atomic E-state index is 13.3. The number of rotatable bonds is 6. The van der Waals surface area contributed by atoms with Crippen LogP contribution in [0.5, 0.6) is 5.75 Å². The molecule has 8 heteroatoms. The molecule has 1 aliphatic rings. The third-order valence-corrected chi connectivity index (χ3v) is 6.24. The molecule has 1 N–H and O–H groups in total. The molecule has 2 aromatic carbocycles. The summed E-state index contributed by atoms with van der Waals surface area (Å²) in [7, 11) is -3.58. The standard InChI is InChI=1S/C19H21FN2O4S/c1-14-11-16(7-8-18(14)20)26-13-19(23)22-10-9-17(12-22)27(24,25)21-15-5-3-2-4-6-15/h2-8,11,17,21H,9-10,12-13H2,1H3. The number of hydrogen-bond donors (Lipinski definition) is 1. The van der Waals surface area contributed by atoms with Gasteiger partial charge in [-0.25, -0.2) is 12.8 Å². The van der Waals surface area contributed by atoms with E-state index in [1.807, 2.05) is 0 Å². The summed E-state index contributed by atoms with van der Waals surface area (Å²) in [5.41, 5.74) is 0.927. The third-order valence-electron chi connectivity index (χ3n) is 4.46. The second kappa shape index (κ2) is 7.96. The fourth-order valence-corrected chi connectivity index (χ4v) is 4.33. The number of carbonyl (C=O) groups is 1. The average Bonchev–Trinajstić information content (AvgIpc) is 3.14. The number of ether oxygens (including phenoxy) is 1. The Bertz CT molecular complexity index is 919. The number of amides is 1. The summed E-state index contributed by atoms with van der Waals surface area (Å²) in [4.78, 5) is 13.8. The Morgan fingerprint density at radius 2 is 2.00 bits per heavy atom. The molecule has 0 spiro atoms. The number of aryl methyl sites for hydroxylation is 1. The molecular formula is C19H21FN2O4S. The monoisotopic (exact) mass is 392 g/mol. The van der Waals surface area contributed by atoms with Gasteiger partial charge in [0.25, 0.3) is 5.91 Å². The number of hydrogen-bond acceptors (Lipinski definition) is 4. The van der Waals surface area contributed by atoms with E-state index in [1.54, 1.807) is 37.3 Å². The van der Waals surface area contributed by atoms with Crippen LogP contribution in [0.4, 0.5) is 10.1 Å². The fourth-order valence-electron chi connectivity index (χ4n) is 2.91. The van der Waals surface area contributed by atoms with E-state index in [4.69, 9.17) is 4.74 Å². The molecular weight excluding hydrogens is 371 g/mol. The maximum atomic E-state index is 13.3. The number of anilines is 1. The van der Waals surface area contributed by atoms with Gasteiger partial charge < -0.3 is 9.64 Å². The van der Waals surface area contributed by atoms with Crippen molar-refractivity contribution in [3.8, 4) is 5.75 Å². The molecule has 1 aliphatic heterocycles. The summed E-state index contributed by atoms with van der Waals surface area (Å²) in [6.45, 7) is 1.86. The summed E-state index contributed by atoms with van der Waals surface area (Å²) in [5, 5.41) is -0.672. The summed E-state index contributed by atoms with van der Waals surface area (Å²) >= 11 is 0. The molecule has 0 saturated carbocycles. The van der Waals surface area contributed by atoms with Gasteiger partial charge in [-0.15, -0.1) is 0 Å². The first-order chi connectivity index (χ1) is 12.8. The van der Waals surface area contributed by atoms with Crippen LogP contribution in [0.25, 0.3) is 0 Å². The van der Waals surface area contributed by atoms with Gasteiger partial charge in [0, 0.05) is 18.8 Å². The summed E-state index contributed by atoms with van der Waals surface area (Å²) in [6, 6.07) is 12.9. The van der Waals surface area contributed by atoms with Crippen molar-refractivity contribution < 1.29 is 22.3 Å². The SMILES string of the molecule is Cc1cc(OCC(=O)N2CCC(S(=O)(=O)Nc3ccccc3)C2)ccc1F. The molecule has 0 aliphatic carbocycles. The van der Waals surface area contributed by atoms with E-state index in [1.165, 1.54) is 23.1 Å². The van der Waals surface area contributed by atoms with E-state index in [2.05, 4.69) is 4.72 Å². The molecule has 144 valence electrons. The molecule has 27 heavy (non-hydrogen) atoms. The minimum Gasteiger partial charge on any atom is -0.484 e. The molecule has 1 amide bonds. The minimum atomic E-state index is -3.58. The summed E-state index contributed by atoms with van der Waals surface area (Å²) in [6.07, 6.45) is 0.365. The highest BCUT2D eigenvalue weighted by molar-refractivity contribution is 7.93. The molecule has 1 atom stereocenters. The van der Waals surface area contributed by atoms with E-state index < -0.39 is 15.3 Å². The van der Waals surface area contributed by atoms with Gasteiger partial charge >= 0.3 is 0 Å². The van der Waals surface area contributed by atoms with Crippen molar-refractivity contribution in [3.05, 3.63) is 59.9 Å². The van der Waals surface area contributed by atoms with Crippen molar-refractivity contribution in [2.45, 2.75) is 18.6 Å². The lowest BCUT2D eigenvalue weighted by molar-refractivity contribution is -0.132. The molecule has 0 bridgehead atoms. The summed E-state index contributed by atoms with van der Waals surface area (Å²) < 4.78 is 46.2. The van der Waals surface area contributed by atoms with Crippen LogP contribution in [0.1, 0.15) is 12.0 Å². The van der Waals surface area contributed by atoms with Crippen molar-refractivity contribution in [2.75, 3.05) is 24.4 Å². The normalized spacial score (nSPS) is 17.0. The first-order valence-corrected chi connectivity index (χ1v) is 10.1. The van der Waals surface area contributed by atoms with Crippen molar-refractivity contribution in [1.82, 2.24) is 4.90 Å². The first-order valence-electron chi connectivity index (χ1n) is 8.58. The van der Waals surface area contributed by atoms with Gasteiger partial charge in [0.05, 0.1) is 5.25 Å². The molecule has 1 saturated heterocycles. The third kappa shape index (κ3) is 4.77. The Labute approximate surface area is 158 Å². The van der Waals surface area contributed by atoms with Crippen LogP contribution in [0.2, 0.25) is 0 Å². The fraction of sp³-hybridized carbons (Fsp3) is 0.316. The largest absolute Gasteiger partial charge is 0.484 e. The number of nitrogens with one attached hydrogen (secondary N) is 1. The number of likely N-dealkylation sites (tertiary alicyclic amines) is 1. The molecule has 2 aromatic rings. The van der Waals surface area contributed by atoms with Crippen LogP contribution in [0.3, 0.4) is 0 Å². The lowest BCUT2D eigenvalue weighted by Gasteiger charge is -2.18. The number of halogens is 1. The zero-order valence-electron chi connectivity index (χ0n) is 14.9. The minimum absolute atomic E-state index is 0.118. The van der Waals surface area contributed by atoms with Crippen molar-refractivity contribution in [1.29, 1.82) is 0 Å². The van der Waals surface area contributed by atoms with E-state index >= 15 is 0 Å². The second-order valence-electron chi connectivity index (χ2n) is 6.46. The number of sulfonamides is 1.